The first-order chi connectivity index (χ1) is 13.0. The van der Waals surface area contributed by atoms with Crippen LogP contribution < -0.4 is 10.6 Å². The minimum atomic E-state index is -4.26. The first-order valence-corrected chi connectivity index (χ1v) is 9.87. The van der Waals surface area contributed by atoms with Crippen LogP contribution in [0.1, 0.15) is 49.9 Å². The van der Waals surface area contributed by atoms with Crippen molar-refractivity contribution in [2.24, 2.45) is 11.8 Å². The topological polar surface area (TPSA) is 58.2 Å². The summed E-state index contributed by atoms with van der Waals surface area (Å²) in [5.41, 5.74) is 0.166. The van der Waals surface area contributed by atoms with E-state index in [1.807, 2.05) is 0 Å². The quantitative estimate of drug-likeness (QED) is 0.680. The predicted molar refractivity (Wildman–Crippen MR) is 102 cm³/mol. The van der Waals surface area contributed by atoms with Crippen molar-refractivity contribution in [3.63, 3.8) is 0 Å². The lowest BCUT2D eigenvalue weighted by atomic mass is 9.85. The molecule has 1 aliphatic carbocycles. The van der Waals surface area contributed by atoms with Crippen LogP contribution in [0.4, 0.5) is 13.2 Å². The van der Waals surface area contributed by atoms with Crippen LogP contribution in [0.5, 0.6) is 0 Å². The molecule has 156 valence electrons. The fourth-order valence-corrected chi connectivity index (χ4v) is 3.83. The summed E-state index contributed by atoms with van der Waals surface area (Å²) in [7, 11) is 0. The van der Waals surface area contributed by atoms with Gasteiger partial charge in [-0.25, -0.2) is 0 Å². The third kappa shape index (κ3) is 6.01. The highest BCUT2D eigenvalue weighted by Crippen LogP contribution is 2.37. The third-order valence-electron chi connectivity index (χ3n) is 4.89. The summed E-state index contributed by atoms with van der Waals surface area (Å²) in [5.74, 6) is -2.72. The number of halogens is 5. The Morgan fingerprint density at radius 2 is 1.86 bits per heavy atom. The molecule has 0 heterocycles. The second-order valence-corrected chi connectivity index (χ2v) is 8.27. The molecule has 1 aliphatic rings. The molecule has 0 bridgehead atoms. The van der Waals surface area contributed by atoms with Crippen molar-refractivity contribution in [1.29, 1.82) is 0 Å². The summed E-state index contributed by atoms with van der Waals surface area (Å²) in [6.07, 6.45) is -3.44. The molecule has 9 heteroatoms. The van der Waals surface area contributed by atoms with Crippen LogP contribution in [-0.2, 0) is 4.79 Å². The van der Waals surface area contributed by atoms with E-state index in [0.29, 0.717) is 17.9 Å². The largest absolute Gasteiger partial charge is 0.391 e. The Balaban J connectivity index is 2.04. The first-order valence-electron chi connectivity index (χ1n) is 9.12. The molecule has 0 spiro atoms. The standard InChI is InChI=1S/C19H23Cl2F3N2O2/c1-10(2)16(26-17(27)14-7-6-12(20)9-15(14)21)18(28)25-13-5-3-4-11(8-13)19(22,23)24/h6-7,9-11,13,16H,3-5,8H2,1-2H3,(H,25,28)(H,26,27)/t11-,13+,16+/m1/s1. The summed E-state index contributed by atoms with van der Waals surface area (Å²) in [4.78, 5) is 25.2. The van der Waals surface area contributed by atoms with Crippen molar-refractivity contribution in [3.8, 4) is 0 Å². The molecule has 0 aromatic heterocycles. The van der Waals surface area contributed by atoms with E-state index in [0.717, 1.165) is 0 Å². The Kier molecular flexibility index (Phi) is 7.62. The van der Waals surface area contributed by atoms with Crippen LogP contribution in [0.2, 0.25) is 10.0 Å². The third-order valence-corrected chi connectivity index (χ3v) is 5.44. The smallest absolute Gasteiger partial charge is 0.352 e. The molecule has 0 saturated heterocycles. The molecule has 1 saturated carbocycles. The molecule has 28 heavy (non-hydrogen) atoms. The van der Waals surface area contributed by atoms with Gasteiger partial charge < -0.3 is 10.6 Å². The van der Waals surface area contributed by atoms with Gasteiger partial charge in [0, 0.05) is 11.1 Å². The molecule has 2 N–H and O–H groups in total. The van der Waals surface area contributed by atoms with Gasteiger partial charge in [0.15, 0.2) is 0 Å². The normalized spacial score (nSPS) is 21.3. The molecule has 1 aromatic carbocycles. The number of benzene rings is 1. The van der Waals surface area contributed by atoms with Crippen LogP contribution in [-0.4, -0.2) is 30.1 Å². The van der Waals surface area contributed by atoms with Gasteiger partial charge in [0.2, 0.25) is 5.91 Å². The highest BCUT2D eigenvalue weighted by atomic mass is 35.5. The Hall–Kier alpha value is -1.47. The average Bonchev–Trinajstić information content (AvgIpc) is 2.58. The molecule has 3 atom stereocenters. The highest BCUT2D eigenvalue weighted by Gasteiger charge is 2.42. The Morgan fingerprint density at radius 1 is 1.18 bits per heavy atom. The van der Waals surface area contributed by atoms with Gasteiger partial charge in [-0.1, -0.05) is 43.5 Å². The van der Waals surface area contributed by atoms with Crippen molar-refractivity contribution >= 4 is 35.0 Å². The van der Waals surface area contributed by atoms with E-state index in [2.05, 4.69) is 10.6 Å². The van der Waals surface area contributed by atoms with Gasteiger partial charge in [0.25, 0.3) is 5.91 Å². The Morgan fingerprint density at radius 3 is 2.43 bits per heavy atom. The minimum absolute atomic E-state index is 0.0787. The molecule has 0 radical (unpaired) electrons. The van der Waals surface area contributed by atoms with E-state index in [9.17, 15) is 22.8 Å². The maximum absolute atomic E-state index is 13.0. The number of rotatable bonds is 5. The van der Waals surface area contributed by atoms with Crippen molar-refractivity contribution < 1.29 is 22.8 Å². The number of amides is 2. The van der Waals surface area contributed by atoms with Crippen LogP contribution in [0.15, 0.2) is 18.2 Å². The van der Waals surface area contributed by atoms with E-state index >= 15 is 0 Å². The lowest BCUT2D eigenvalue weighted by Gasteiger charge is -2.32. The molecule has 0 aliphatic heterocycles. The SMILES string of the molecule is CC(C)[C@H](NC(=O)c1ccc(Cl)cc1Cl)C(=O)N[C@H]1CCC[C@@H](C(F)(F)F)C1. The summed E-state index contributed by atoms with van der Waals surface area (Å²) in [5, 5.41) is 5.82. The van der Waals surface area contributed by atoms with Crippen molar-refractivity contribution in [3.05, 3.63) is 33.8 Å². The summed E-state index contributed by atoms with van der Waals surface area (Å²) in [6, 6.07) is 2.91. The number of nitrogens with one attached hydrogen (secondary N) is 2. The summed E-state index contributed by atoms with van der Waals surface area (Å²) >= 11 is 11.8. The van der Waals surface area contributed by atoms with Gasteiger partial charge in [-0.15, -0.1) is 0 Å². The lowest BCUT2D eigenvalue weighted by Crippen LogP contribution is -2.53. The van der Waals surface area contributed by atoms with Crippen molar-refractivity contribution in [2.75, 3.05) is 0 Å². The fourth-order valence-electron chi connectivity index (χ4n) is 3.34. The second-order valence-electron chi connectivity index (χ2n) is 7.43. The number of alkyl halides is 3. The average molecular weight is 439 g/mol. The molecule has 1 aromatic rings. The van der Waals surface area contributed by atoms with Gasteiger partial charge in [-0.3, -0.25) is 9.59 Å². The van der Waals surface area contributed by atoms with Gasteiger partial charge in [0.05, 0.1) is 16.5 Å². The van der Waals surface area contributed by atoms with E-state index in [-0.39, 0.29) is 29.3 Å². The zero-order valence-corrected chi connectivity index (χ0v) is 17.1. The van der Waals surface area contributed by atoms with Crippen LogP contribution in [0.25, 0.3) is 0 Å². The number of carbonyl (C=O) groups excluding carboxylic acids is 2. The maximum Gasteiger partial charge on any atom is 0.391 e. The zero-order valence-electron chi connectivity index (χ0n) is 15.6. The van der Waals surface area contributed by atoms with E-state index in [1.54, 1.807) is 13.8 Å². The zero-order chi connectivity index (χ0) is 21.1. The van der Waals surface area contributed by atoms with Gasteiger partial charge in [-0.05, 0) is 43.4 Å². The van der Waals surface area contributed by atoms with Crippen molar-refractivity contribution in [1.82, 2.24) is 10.6 Å². The van der Waals surface area contributed by atoms with Gasteiger partial charge >= 0.3 is 6.18 Å². The molecule has 2 amide bonds. The van der Waals surface area contributed by atoms with Crippen LogP contribution >= 0.6 is 23.2 Å². The highest BCUT2D eigenvalue weighted by molar-refractivity contribution is 6.36. The van der Waals surface area contributed by atoms with E-state index in [1.165, 1.54) is 18.2 Å². The maximum atomic E-state index is 13.0. The number of hydrogen-bond donors (Lipinski definition) is 2. The van der Waals surface area contributed by atoms with Gasteiger partial charge in [-0.2, -0.15) is 13.2 Å². The monoisotopic (exact) mass is 438 g/mol. The second kappa shape index (κ2) is 9.35. The molecule has 2 rings (SSSR count). The molecular weight excluding hydrogens is 416 g/mol. The first kappa shape index (κ1) is 22.8. The molecular formula is C19H23Cl2F3N2O2. The lowest BCUT2D eigenvalue weighted by molar-refractivity contribution is -0.184. The van der Waals surface area contributed by atoms with Gasteiger partial charge in [0.1, 0.15) is 6.04 Å². The summed E-state index contributed by atoms with van der Waals surface area (Å²) < 4.78 is 38.9. The number of hydrogen-bond acceptors (Lipinski definition) is 2. The van der Waals surface area contributed by atoms with E-state index in [4.69, 9.17) is 23.2 Å². The van der Waals surface area contributed by atoms with Crippen molar-refractivity contribution in [2.45, 2.75) is 57.8 Å². The minimum Gasteiger partial charge on any atom is -0.352 e. The molecule has 0 unspecified atom stereocenters. The van der Waals surface area contributed by atoms with E-state index < -0.39 is 36.0 Å². The Bertz CT molecular complexity index is 726. The van der Waals surface area contributed by atoms with Crippen LogP contribution in [0, 0.1) is 11.8 Å². The fraction of sp³-hybridized carbons (Fsp3) is 0.579. The number of carbonyl (C=O) groups is 2. The Labute approximate surface area is 172 Å². The van der Waals surface area contributed by atoms with Crippen LogP contribution in [0.3, 0.4) is 0 Å². The predicted octanol–water partition coefficient (Wildman–Crippen LogP) is 4.99. The molecule has 4 nitrogen and oxygen atoms in total. The molecule has 1 fully saturated rings. The summed E-state index contributed by atoms with van der Waals surface area (Å²) in [6.45, 7) is 3.49.